The van der Waals surface area contributed by atoms with Crippen molar-refractivity contribution in [3.8, 4) is 23.0 Å². The van der Waals surface area contributed by atoms with E-state index in [4.69, 9.17) is 33.2 Å². The van der Waals surface area contributed by atoms with Crippen LogP contribution >= 0.6 is 0 Å². The fourth-order valence-corrected chi connectivity index (χ4v) is 3.53. The Labute approximate surface area is 189 Å². The average molecular weight is 478 g/mol. The molecule has 0 aromatic heterocycles. The molecule has 2 aliphatic rings. The lowest BCUT2D eigenvalue weighted by atomic mass is 9.99. The summed E-state index contributed by atoms with van der Waals surface area (Å²) in [5.41, 5.74) is 0. The lowest BCUT2D eigenvalue weighted by Crippen LogP contribution is -2.61. The molecule has 2 fully saturated rings. The van der Waals surface area contributed by atoms with Crippen molar-refractivity contribution >= 4 is 0 Å². The van der Waals surface area contributed by atoms with Crippen molar-refractivity contribution in [2.24, 2.45) is 0 Å². The van der Waals surface area contributed by atoms with Gasteiger partial charge in [-0.1, -0.05) is 0 Å². The molecule has 0 bridgehead atoms. The number of ether oxygens (including phenoxy) is 7. The molecule has 0 saturated carbocycles. The van der Waals surface area contributed by atoms with Crippen molar-refractivity contribution in [1.82, 2.24) is 0 Å². The van der Waals surface area contributed by atoms with Gasteiger partial charge in [0.1, 0.15) is 48.5 Å². The topological polar surface area (TPSA) is 186 Å². The van der Waals surface area contributed by atoms with Gasteiger partial charge in [0.15, 0.2) is 17.8 Å². The lowest BCUT2D eigenvalue weighted by Gasteiger charge is -2.41. The summed E-state index contributed by atoms with van der Waals surface area (Å²) in [5, 5.41) is 60.2. The third-order valence-corrected chi connectivity index (χ3v) is 5.44. The number of methoxy groups -OCH3 is 3. The van der Waals surface area contributed by atoms with E-state index in [1.807, 2.05) is 0 Å². The number of rotatable bonds is 8. The highest BCUT2D eigenvalue weighted by molar-refractivity contribution is 5.55. The third-order valence-electron chi connectivity index (χ3n) is 5.44. The van der Waals surface area contributed by atoms with Crippen LogP contribution in [-0.4, -0.2) is 120 Å². The summed E-state index contributed by atoms with van der Waals surface area (Å²) in [6.07, 6.45) is -13.1. The van der Waals surface area contributed by atoms with E-state index in [9.17, 15) is 30.6 Å². The molecule has 2 heterocycles. The number of aliphatic hydroxyl groups is 6. The van der Waals surface area contributed by atoms with E-state index < -0.39 is 61.9 Å². The van der Waals surface area contributed by atoms with E-state index >= 15 is 0 Å². The molecule has 6 N–H and O–H groups in total. The van der Waals surface area contributed by atoms with E-state index in [1.165, 1.54) is 33.5 Å². The SMILES string of the molecule is COc1cc(O[C@@H]2O[C@H](CO[C@@H]3OC[C@H](O)[C@@H](O)[C@@H]3O)[C@@H](O)[C@H](O)[C@H]2O)cc(OC)c1OC. The maximum absolute atomic E-state index is 10.4. The summed E-state index contributed by atoms with van der Waals surface area (Å²) in [6.45, 7) is -0.671. The van der Waals surface area contributed by atoms with E-state index in [0.29, 0.717) is 5.75 Å². The molecule has 33 heavy (non-hydrogen) atoms. The Kier molecular flexibility index (Phi) is 8.55. The standard InChI is InChI=1S/C20H30O13/c1-27-10-4-8(5-11(28-2)18(10)29-3)32-20-17(26)15(24)14(23)12(33-20)7-31-19-16(25)13(22)9(21)6-30-19/h4-5,9,12-17,19-26H,6-7H2,1-3H3/t9-,12+,13+,14+,15-,16-,17+,19-,20+/m0/s1. The molecule has 0 spiro atoms. The minimum atomic E-state index is -1.65. The highest BCUT2D eigenvalue weighted by Crippen LogP contribution is 2.41. The maximum atomic E-state index is 10.4. The van der Waals surface area contributed by atoms with Gasteiger partial charge in [-0.2, -0.15) is 0 Å². The monoisotopic (exact) mass is 478 g/mol. The van der Waals surface area contributed by atoms with Crippen LogP contribution in [0.2, 0.25) is 0 Å². The molecule has 1 aromatic carbocycles. The first-order valence-corrected chi connectivity index (χ1v) is 10.2. The minimum Gasteiger partial charge on any atom is -0.493 e. The summed E-state index contributed by atoms with van der Waals surface area (Å²) in [5.74, 6) is 1.03. The molecule has 2 aliphatic heterocycles. The van der Waals surface area contributed by atoms with Crippen molar-refractivity contribution in [2.45, 2.75) is 55.3 Å². The molecule has 1 aromatic rings. The van der Waals surface area contributed by atoms with Crippen LogP contribution in [0, 0.1) is 0 Å². The summed E-state index contributed by atoms with van der Waals surface area (Å²) in [4.78, 5) is 0. The Balaban J connectivity index is 1.71. The van der Waals surface area contributed by atoms with Crippen molar-refractivity contribution < 1.29 is 63.8 Å². The van der Waals surface area contributed by atoms with Gasteiger partial charge in [-0.3, -0.25) is 0 Å². The van der Waals surface area contributed by atoms with Gasteiger partial charge >= 0.3 is 0 Å². The predicted octanol–water partition coefficient (Wildman–Crippen LogP) is -2.65. The molecule has 13 nitrogen and oxygen atoms in total. The van der Waals surface area contributed by atoms with Gasteiger partial charge in [-0.15, -0.1) is 0 Å². The number of aliphatic hydroxyl groups excluding tert-OH is 6. The molecule has 188 valence electrons. The lowest BCUT2D eigenvalue weighted by molar-refractivity contribution is -0.307. The van der Waals surface area contributed by atoms with E-state index in [-0.39, 0.29) is 23.9 Å². The first-order chi connectivity index (χ1) is 15.7. The van der Waals surface area contributed by atoms with Crippen molar-refractivity contribution in [3.63, 3.8) is 0 Å². The molecule has 0 aliphatic carbocycles. The number of hydrogen-bond acceptors (Lipinski definition) is 13. The van der Waals surface area contributed by atoms with Gasteiger partial charge < -0.3 is 63.8 Å². The molecule has 3 rings (SSSR count). The van der Waals surface area contributed by atoms with Gasteiger partial charge in [0.05, 0.1) is 34.5 Å². The van der Waals surface area contributed by atoms with Crippen LogP contribution in [-0.2, 0) is 14.2 Å². The van der Waals surface area contributed by atoms with E-state index in [0.717, 1.165) is 0 Å². The second-order valence-electron chi connectivity index (χ2n) is 7.58. The first-order valence-electron chi connectivity index (χ1n) is 10.2. The minimum absolute atomic E-state index is 0.153. The quantitative estimate of drug-likeness (QED) is 0.228. The van der Waals surface area contributed by atoms with Crippen LogP contribution < -0.4 is 18.9 Å². The molecule has 0 amide bonds. The zero-order chi connectivity index (χ0) is 24.3. The molecule has 9 atom stereocenters. The zero-order valence-corrected chi connectivity index (χ0v) is 18.3. The summed E-state index contributed by atoms with van der Waals surface area (Å²) in [6, 6.07) is 2.92. The van der Waals surface area contributed by atoms with Crippen LogP contribution in [0.4, 0.5) is 0 Å². The Morgan fingerprint density at radius 1 is 0.788 bits per heavy atom. The fraction of sp³-hybridized carbons (Fsp3) is 0.700. The summed E-state index contributed by atoms with van der Waals surface area (Å²) < 4.78 is 37.5. The number of benzene rings is 1. The molecular formula is C20H30O13. The van der Waals surface area contributed by atoms with Gasteiger partial charge in [0.25, 0.3) is 0 Å². The molecule has 0 radical (unpaired) electrons. The third kappa shape index (κ3) is 5.42. The summed E-state index contributed by atoms with van der Waals surface area (Å²) >= 11 is 0. The Bertz CT molecular complexity index is 751. The largest absolute Gasteiger partial charge is 0.493 e. The van der Waals surface area contributed by atoms with Crippen molar-refractivity contribution in [2.75, 3.05) is 34.5 Å². The first kappa shape index (κ1) is 25.7. The zero-order valence-electron chi connectivity index (χ0n) is 18.3. The second-order valence-corrected chi connectivity index (χ2v) is 7.58. The molecular weight excluding hydrogens is 448 g/mol. The molecule has 0 unspecified atom stereocenters. The Hall–Kier alpha value is -1.94. The number of hydrogen-bond donors (Lipinski definition) is 6. The predicted molar refractivity (Wildman–Crippen MR) is 107 cm³/mol. The molecule has 2 saturated heterocycles. The second kappa shape index (κ2) is 11.0. The van der Waals surface area contributed by atoms with Crippen LogP contribution in [0.1, 0.15) is 0 Å². The van der Waals surface area contributed by atoms with Crippen molar-refractivity contribution in [3.05, 3.63) is 12.1 Å². The highest BCUT2D eigenvalue weighted by atomic mass is 16.7. The highest BCUT2D eigenvalue weighted by Gasteiger charge is 2.46. The van der Waals surface area contributed by atoms with Gasteiger partial charge in [-0.05, 0) is 0 Å². The average Bonchev–Trinajstić information content (AvgIpc) is 2.82. The van der Waals surface area contributed by atoms with Crippen LogP contribution in [0.3, 0.4) is 0 Å². The van der Waals surface area contributed by atoms with Crippen molar-refractivity contribution in [1.29, 1.82) is 0 Å². The maximum Gasteiger partial charge on any atom is 0.229 e. The van der Waals surface area contributed by atoms with E-state index in [1.54, 1.807) is 0 Å². The smallest absolute Gasteiger partial charge is 0.229 e. The fourth-order valence-electron chi connectivity index (χ4n) is 3.53. The van der Waals surface area contributed by atoms with Gasteiger partial charge in [0, 0.05) is 12.1 Å². The van der Waals surface area contributed by atoms with Crippen LogP contribution in [0.15, 0.2) is 12.1 Å². The van der Waals surface area contributed by atoms with Crippen LogP contribution in [0.25, 0.3) is 0 Å². The Morgan fingerprint density at radius 3 is 1.97 bits per heavy atom. The van der Waals surface area contributed by atoms with Gasteiger partial charge in [0.2, 0.25) is 12.0 Å². The van der Waals surface area contributed by atoms with E-state index in [2.05, 4.69) is 0 Å². The normalized spacial score (nSPS) is 36.8. The summed E-state index contributed by atoms with van der Waals surface area (Å²) in [7, 11) is 4.26. The van der Waals surface area contributed by atoms with Gasteiger partial charge in [-0.25, -0.2) is 0 Å². The Morgan fingerprint density at radius 2 is 1.39 bits per heavy atom. The van der Waals surface area contributed by atoms with Crippen LogP contribution in [0.5, 0.6) is 23.0 Å². The molecule has 13 heteroatoms.